The highest BCUT2D eigenvalue weighted by Crippen LogP contribution is 2.22. The Morgan fingerprint density at radius 1 is 1.00 bits per heavy atom. The number of carbonyl (C=O) groups is 1. The topological polar surface area (TPSA) is 50.4 Å². The van der Waals surface area contributed by atoms with E-state index in [0.29, 0.717) is 26.5 Å². The molecule has 22 heavy (non-hydrogen) atoms. The van der Waals surface area contributed by atoms with Gasteiger partial charge in [0.15, 0.2) is 6.23 Å². The molecule has 1 unspecified atom stereocenters. The fourth-order valence-electron chi connectivity index (χ4n) is 1.72. The summed E-state index contributed by atoms with van der Waals surface area (Å²) < 4.78 is 5.54. The molecular weight excluding hydrogens is 347 g/mol. The van der Waals surface area contributed by atoms with Gasteiger partial charge in [-0.15, -0.1) is 0 Å². The first-order valence-corrected chi connectivity index (χ1v) is 7.51. The van der Waals surface area contributed by atoms with E-state index in [1.807, 2.05) is 0 Å². The van der Waals surface area contributed by atoms with Gasteiger partial charge in [-0.25, -0.2) is 4.79 Å². The smallest absolute Gasteiger partial charge is 0.322 e. The minimum absolute atomic E-state index is 0.431. The molecule has 0 heterocycles. The van der Waals surface area contributed by atoms with E-state index < -0.39 is 12.3 Å². The average Bonchev–Trinajstić information content (AvgIpc) is 2.39. The Bertz CT molecular complexity index is 642. The third-order valence-corrected chi connectivity index (χ3v) is 3.27. The molecule has 2 aromatic rings. The lowest BCUT2D eigenvalue weighted by Gasteiger charge is -2.17. The van der Waals surface area contributed by atoms with E-state index in [-0.39, 0.29) is 0 Å². The Hall–Kier alpha value is -1.62. The van der Waals surface area contributed by atoms with Gasteiger partial charge in [-0.05, 0) is 49.4 Å². The number of hydrogen-bond acceptors (Lipinski definition) is 2. The van der Waals surface area contributed by atoms with Gasteiger partial charge in [-0.1, -0.05) is 34.8 Å². The first-order chi connectivity index (χ1) is 10.4. The van der Waals surface area contributed by atoms with Gasteiger partial charge in [0.1, 0.15) is 5.75 Å². The summed E-state index contributed by atoms with van der Waals surface area (Å²) in [6.07, 6.45) is -0.532. The van der Waals surface area contributed by atoms with Gasteiger partial charge in [-0.2, -0.15) is 0 Å². The van der Waals surface area contributed by atoms with Crippen LogP contribution in [0.1, 0.15) is 6.92 Å². The number of anilines is 1. The van der Waals surface area contributed by atoms with Crippen LogP contribution in [0.15, 0.2) is 42.5 Å². The van der Waals surface area contributed by atoms with E-state index in [0.717, 1.165) is 0 Å². The minimum Gasteiger partial charge on any atom is -0.471 e. The molecule has 0 fully saturated rings. The number of carbonyl (C=O) groups excluding carboxylic acids is 1. The Balaban J connectivity index is 1.89. The molecule has 1 atom stereocenters. The zero-order valence-electron chi connectivity index (χ0n) is 11.6. The summed E-state index contributed by atoms with van der Waals surface area (Å²) in [7, 11) is 0. The van der Waals surface area contributed by atoms with Gasteiger partial charge in [-0.3, -0.25) is 0 Å². The third-order valence-electron chi connectivity index (χ3n) is 2.58. The molecule has 0 aliphatic heterocycles. The third kappa shape index (κ3) is 5.30. The summed E-state index contributed by atoms with van der Waals surface area (Å²) in [5, 5.41) is 6.76. The molecule has 0 aliphatic rings. The van der Waals surface area contributed by atoms with E-state index in [1.165, 1.54) is 0 Å². The number of amides is 2. The largest absolute Gasteiger partial charge is 0.471 e. The molecule has 0 aliphatic carbocycles. The second-order valence-corrected chi connectivity index (χ2v) is 5.78. The van der Waals surface area contributed by atoms with E-state index in [9.17, 15) is 4.79 Å². The summed E-state index contributed by atoms with van der Waals surface area (Å²) >= 11 is 17.5. The number of nitrogens with one attached hydrogen (secondary N) is 2. The van der Waals surface area contributed by atoms with Gasteiger partial charge in [0, 0.05) is 20.8 Å². The van der Waals surface area contributed by atoms with E-state index >= 15 is 0 Å². The second-order valence-electron chi connectivity index (χ2n) is 4.47. The van der Waals surface area contributed by atoms with Gasteiger partial charge < -0.3 is 15.4 Å². The van der Waals surface area contributed by atoms with Crippen molar-refractivity contribution in [1.82, 2.24) is 5.32 Å². The van der Waals surface area contributed by atoms with Crippen molar-refractivity contribution in [2.45, 2.75) is 13.2 Å². The summed E-state index contributed by atoms with van der Waals surface area (Å²) in [6, 6.07) is 11.2. The molecule has 0 spiro atoms. The molecule has 2 amide bonds. The van der Waals surface area contributed by atoms with Crippen molar-refractivity contribution in [2.75, 3.05) is 5.32 Å². The lowest BCUT2D eigenvalue weighted by Crippen LogP contribution is -2.39. The van der Waals surface area contributed by atoms with Crippen molar-refractivity contribution in [2.24, 2.45) is 0 Å². The number of benzene rings is 2. The Morgan fingerprint density at radius 2 is 1.59 bits per heavy atom. The van der Waals surface area contributed by atoms with Crippen molar-refractivity contribution in [3.63, 3.8) is 0 Å². The predicted molar refractivity (Wildman–Crippen MR) is 90.2 cm³/mol. The molecule has 0 aromatic heterocycles. The van der Waals surface area contributed by atoms with E-state index in [1.54, 1.807) is 49.4 Å². The molecule has 116 valence electrons. The van der Waals surface area contributed by atoms with Crippen LogP contribution < -0.4 is 15.4 Å². The zero-order valence-corrected chi connectivity index (χ0v) is 13.8. The van der Waals surface area contributed by atoms with Crippen LogP contribution in [0.4, 0.5) is 10.5 Å². The normalized spacial score (nSPS) is 11.6. The van der Waals surface area contributed by atoms with Crippen molar-refractivity contribution >= 4 is 46.5 Å². The monoisotopic (exact) mass is 358 g/mol. The lowest BCUT2D eigenvalue weighted by atomic mass is 10.3. The summed E-state index contributed by atoms with van der Waals surface area (Å²) in [5.41, 5.74) is 0.494. The minimum atomic E-state index is -0.532. The summed E-state index contributed by atoms with van der Waals surface area (Å²) in [4.78, 5) is 11.9. The molecule has 2 rings (SSSR count). The standard InChI is InChI=1S/C15H13Cl3N2O2/c1-9(22-14-4-2-10(16)3-5-14)19-15(21)20-13-7-11(17)6-12(18)8-13/h2-9H,1H3,(H2,19,20,21). The molecule has 2 aromatic carbocycles. The molecule has 0 saturated heterocycles. The van der Waals surface area contributed by atoms with Crippen LogP contribution in [-0.2, 0) is 0 Å². The summed E-state index contributed by atoms with van der Waals surface area (Å²) in [6.45, 7) is 1.71. The maximum Gasteiger partial charge on any atom is 0.322 e. The molecule has 4 nitrogen and oxygen atoms in total. The van der Waals surface area contributed by atoms with Crippen molar-refractivity contribution < 1.29 is 9.53 Å². The Kier molecular flexibility index (Phi) is 5.77. The molecule has 0 radical (unpaired) electrons. The van der Waals surface area contributed by atoms with Crippen LogP contribution in [0.25, 0.3) is 0 Å². The number of halogens is 3. The maximum absolute atomic E-state index is 11.9. The van der Waals surface area contributed by atoms with Crippen LogP contribution in [0, 0.1) is 0 Å². The number of hydrogen-bond donors (Lipinski definition) is 2. The van der Waals surface area contributed by atoms with Crippen LogP contribution in [-0.4, -0.2) is 12.3 Å². The quantitative estimate of drug-likeness (QED) is 0.738. The molecule has 0 bridgehead atoms. The average molecular weight is 360 g/mol. The molecule has 0 saturated carbocycles. The van der Waals surface area contributed by atoms with Crippen LogP contribution in [0.3, 0.4) is 0 Å². The van der Waals surface area contributed by atoms with Gasteiger partial charge in [0.25, 0.3) is 0 Å². The fourth-order valence-corrected chi connectivity index (χ4v) is 2.38. The van der Waals surface area contributed by atoms with Gasteiger partial charge in [0.2, 0.25) is 0 Å². The maximum atomic E-state index is 11.9. The fraction of sp³-hybridized carbons (Fsp3) is 0.133. The lowest BCUT2D eigenvalue weighted by molar-refractivity contribution is 0.183. The number of rotatable bonds is 4. The van der Waals surface area contributed by atoms with Crippen molar-refractivity contribution in [1.29, 1.82) is 0 Å². The molecular formula is C15H13Cl3N2O2. The van der Waals surface area contributed by atoms with Crippen LogP contribution in [0.2, 0.25) is 15.1 Å². The number of urea groups is 1. The van der Waals surface area contributed by atoms with Crippen LogP contribution in [0.5, 0.6) is 5.75 Å². The van der Waals surface area contributed by atoms with E-state index in [4.69, 9.17) is 39.5 Å². The first-order valence-electron chi connectivity index (χ1n) is 6.38. The highest BCUT2D eigenvalue weighted by Gasteiger charge is 2.09. The highest BCUT2D eigenvalue weighted by atomic mass is 35.5. The van der Waals surface area contributed by atoms with Crippen LogP contribution >= 0.6 is 34.8 Å². The van der Waals surface area contributed by atoms with Gasteiger partial charge in [0.05, 0.1) is 0 Å². The molecule has 2 N–H and O–H groups in total. The second kappa shape index (κ2) is 7.58. The van der Waals surface area contributed by atoms with Gasteiger partial charge >= 0.3 is 6.03 Å². The highest BCUT2D eigenvalue weighted by molar-refractivity contribution is 6.35. The number of ether oxygens (including phenoxy) is 1. The predicted octanol–water partition coefficient (Wildman–Crippen LogP) is 5.19. The summed E-state index contributed by atoms with van der Waals surface area (Å²) in [5.74, 6) is 0.600. The SMILES string of the molecule is CC(NC(=O)Nc1cc(Cl)cc(Cl)c1)Oc1ccc(Cl)cc1. The van der Waals surface area contributed by atoms with Crippen molar-refractivity contribution in [3.8, 4) is 5.75 Å². The Morgan fingerprint density at radius 3 is 2.18 bits per heavy atom. The van der Waals surface area contributed by atoms with E-state index in [2.05, 4.69) is 10.6 Å². The molecule has 7 heteroatoms. The Labute approximate surface area is 143 Å². The van der Waals surface area contributed by atoms with Crippen molar-refractivity contribution in [3.05, 3.63) is 57.5 Å². The zero-order chi connectivity index (χ0) is 16.1. The first kappa shape index (κ1) is 16.7.